The predicted molar refractivity (Wildman–Crippen MR) is 89.6 cm³/mol. The average molecular weight is 368 g/mol. The number of halogens is 2. The molecule has 1 unspecified atom stereocenters. The Morgan fingerprint density at radius 1 is 1.16 bits per heavy atom. The number of sulfonamides is 1. The first-order valence-corrected chi connectivity index (χ1v) is 9.11. The minimum absolute atomic E-state index is 0.346. The van der Waals surface area contributed by atoms with E-state index >= 15 is 0 Å². The maximum absolute atomic E-state index is 13.4. The molecule has 2 aromatic rings. The second kappa shape index (κ2) is 5.96. The SMILES string of the molecule is CC1(C)CC(NS(=O)(=O)c2ccc(F)c(F)c2)c2cc(N)ccc2O1. The number of fused-ring (bicyclic) bond motifs is 1. The molecule has 5 nitrogen and oxygen atoms in total. The van der Waals surface area contributed by atoms with Crippen molar-refractivity contribution in [1.29, 1.82) is 0 Å². The summed E-state index contributed by atoms with van der Waals surface area (Å²) in [6.07, 6.45) is 0.354. The number of anilines is 1. The zero-order valence-corrected chi connectivity index (χ0v) is 14.5. The lowest BCUT2D eigenvalue weighted by atomic mass is 9.90. The summed E-state index contributed by atoms with van der Waals surface area (Å²) in [5.74, 6) is -1.80. The van der Waals surface area contributed by atoms with Gasteiger partial charge in [-0.1, -0.05) is 0 Å². The summed E-state index contributed by atoms with van der Waals surface area (Å²) in [6.45, 7) is 3.68. The van der Waals surface area contributed by atoms with Crippen LogP contribution in [0.25, 0.3) is 0 Å². The first-order valence-electron chi connectivity index (χ1n) is 7.63. The summed E-state index contributed by atoms with van der Waals surface area (Å²) in [5, 5.41) is 0. The van der Waals surface area contributed by atoms with Crippen LogP contribution in [0.2, 0.25) is 0 Å². The van der Waals surface area contributed by atoms with Gasteiger partial charge in [-0.25, -0.2) is 21.9 Å². The first-order chi connectivity index (χ1) is 11.6. The molecule has 2 aromatic carbocycles. The predicted octanol–water partition coefficient (Wildman–Crippen LogP) is 3.13. The molecule has 1 aliphatic rings. The van der Waals surface area contributed by atoms with Crippen molar-refractivity contribution in [3.8, 4) is 5.75 Å². The first kappa shape index (κ1) is 17.6. The molecule has 3 N–H and O–H groups in total. The number of nitrogens with two attached hydrogens (primary N) is 1. The standard InChI is InChI=1S/C17H18F2N2O3S/c1-17(2)9-15(12-7-10(20)3-6-16(12)24-17)21-25(22,23)11-4-5-13(18)14(19)8-11/h3-8,15,21H,9,20H2,1-2H3. The highest BCUT2D eigenvalue weighted by molar-refractivity contribution is 7.89. The van der Waals surface area contributed by atoms with Crippen LogP contribution in [0.15, 0.2) is 41.3 Å². The fraction of sp³-hybridized carbons (Fsp3) is 0.294. The van der Waals surface area contributed by atoms with E-state index in [1.807, 2.05) is 13.8 Å². The molecule has 0 fully saturated rings. The van der Waals surface area contributed by atoms with E-state index < -0.39 is 33.3 Å². The number of nitrogens with one attached hydrogen (secondary N) is 1. The van der Waals surface area contributed by atoms with Gasteiger partial charge in [-0.3, -0.25) is 0 Å². The van der Waals surface area contributed by atoms with Crippen LogP contribution in [0.4, 0.5) is 14.5 Å². The van der Waals surface area contributed by atoms with Gasteiger partial charge in [0.2, 0.25) is 10.0 Å². The molecule has 8 heteroatoms. The third-order valence-corrected chi connectivity index (χ3v) is 5.46. The normalized spacial score (nSPS) is 19.1. The van der Waals surface area contributed by atoms with E-state index in [0.717, 1.165) is 12.1 Å². The number of nitrogen functional groups attached to an aromatic ring is 1. The second-order valence-corrected chi connectivity index (χ2v) is 8.33. The highest BCUT2D eigenvalue weighted by Crippen LogP contribution is 2.41. The molecule has 0 saturated heterocycles. The van der Waals surface area contributed by atoms with E-state index in [4.69, 9.17) is 10.5 Å². The van der Waals surface area contributed by atoms with Crippen LogP contribution in [0.5, 0.6) is 5.75 Å². The summed E-state index contributed by atoms with van der Waals surface area (Å²) in [6, 6.07) is 6.84. The summed E-state index contributed by atoms with van der Waals surface area (Å²) >= 11 is 0. The fourth-order valence-corrected chi connectivity index (χ4v) is 4.10. The molecule has 0 aromatic heterocycles. The Hall–Kier alpha value is -2.19. The van der Waals surface area contributed by atoms with Gasteiger partial charge in [0.15, 0.2) is 11.6 Å². The molecule has 0 spiro atoms. The van der Waals surface area contributed by atoms with Crippen molar-refractivity contribution in [3.05, 3.63) is 53.6 Å². The molecule has 0 radical (unpaired) electrons. The number of hydrogen-bond acceptors (Lipinski definition) is 4. The highest BCUT2D eigenvalue weighted by atomic mass is 32.2. The number of rotatable bonds is 3. The van der Waals surface area contributed by atoms with Gasteiger partial charge < -0.3 is 10.5 Å². The van der Waals surface area contributed by atoms with Crippen molar-refractivity contribution >= 4 is 15.7 Å². The number of ether oxygens (including phenoxy) is 1. The smallest absolute Gasteiger partial charge is 0.241 e. The molecule has 25 heavy (non-hydrogen) atoms. The van der Waals surface area contributed by atoms with E-state index in [9.17, 15) is 17.2 Å². The van der Waals surface area contributed by atoms with Crippen molar-refractivity contribution in [3.63, 3.8) is 0 Å². The molecule has 134 valence electrons. The van der Waals surface area contributed by atoms with Gasteiger partial charge in [-0.15, -0.1) is 0 Å². The average Bonchev–Trinajstić information content (AvgIpc) is 2.49. The molecule has 3 rings (SSSR count). The van der Waals surface area contributed by atoms with Crippen molar-refractivity contribution in [2.45, 2.75) is 36.8 Å². The van der Waals surface area contributed by atoms with Gasteiger partial charge >= 0.3 is 0 Å². The summed E-state index contributed by atoms with van der Waals surface area (Å²) in [4.78, 5) is -0.346. The Morgan fingerprint density at radius 3 is 2.56 bits per heavy atom. The molecular weight excluding hydrogens is 350 g/mol. The Labute approximate surface area is 144 Å². The molecular formula is C17H18F2N2O3S. The largest absolute Gasteiger partial charge is 0.487 e. The molecule has 1 heterocycles. The van der Waals surface area contributed by atoms with Crippen LogP contribution in [0.1, 0.15) is 31.9 Å². The summed E-state index contributed by atoms with van der Waals surface area (Å²) < 4.78 is 60.1. The second-order valence-electron chi connectivity index (χ2n) is 6.61. The van der Waals surface area contributed by atoms with E-state index in [0.29, 0.717) is 29.5 Å². The molecule has 0 amide bonds. The minimum atomic E-state index is -4.06. The quantitative estimate of drug-likeness (QED) is 0.816. The van der Waals surface area contributed by atoms with E-state index in [-0.39, 0.29) is 4.90 Å². The van der Waals surface area contributed by atoms with Gasteiger partial charge in [0.25, 0.3) is 0 Å². The third kappa shape index (κ3) is 3.59. The van der Waals surface area contributed by atoms with E-state index in [2.05, 4.69) is 4.72 Å². The summed E-state index contributed by atoms with van der Waals surface area (Å²) in [5.41, 5.74) is 6.27. The van der Waals surface area contributed by atoms with Crippen LogP contribution >= 0.6 is 0 Å². The maximum Gasteiger partial charge on any atom is 0.241 e. The summed E-state index contributed by atoms with van der Waals surface area (Å²) in [7, 11) is -4.06. The van der Waals surface area contributed by atoms with Crippen LogP contribution in [0, 0.1) is 11.6 Å². The van der Waals surface area contributed by atoms with Crippen molar-refractivity contribution in [2.75, 3.05) is 5.73 Å². The molecule has 0 bridgehead atoms. The van der Waals surface area contributed by atoms with E-state index in [1.54, 1.807) is 18.2 Å². The van der Waals surface area contributed by atoms with Crippen molar-refractivity contribution in [2.24, 2.45) is 0 Å². The molecule has 1 aliphatic heterocycles. The lowest BCUT2D eigenvalue weighted by Crippen LogP contribution is -2.41. The van der Waals surface area contributed by atoms with Gasteiger partial charge in [-0.2, -0.15) is 0 Å². The topological polar surface area (TPSA) is 81.4 Å². The van der Waals surface area contributed by atoms with Crippen LogP contribution in [0.3, 0.4) is 0 Å². The fourth-order valence-electron chi connectivity index (χ4n) is 2.88. The van der Waals surface area contributed by atoms with Gasteiger partial charge in [0, 0.05) is 17.7 Å². The zero-order chi connectivity index (χ0) is 18.4. The third-order valence-electron chi connectivity index (χ3n) is 3.99. The van der Waals surface area contributed by atoms with Crippen LogP contribution in [-0.2, 0) is 10.0 Å². The molecule has 0 saturated carbocycles. The van der Waals surface area contributed by atoms with Crippen molar-refractivity contribution < 1.29 is 21.9 Å². The lowest BCUT2D eigenvalue weighted by Gasteiger charge is -2.37. The Kier molecular flexibility index (Phi) is 4.20. The Bertz CT molecular complexity index is 929. The van der Waals surface area contributed by atoms with E-state index in [1.165, 1.54) is 0 Å². The Balaban J connectivity index is 1.99. The van der Waals surface area contributed by atoms with Crippen LogP contribution in [-0.4, -0.2) is 14.0 Å². The van der Waals surface area contributed by atoms with Crippen LogP contribution < -0.4 is 15.2 Å². The maximum atomic E-state index is 13.4. The molecule has 1 atom stereocenters. The van der Waals surface area contributed by atoms with Crippen molar-refractivity contribution in [1.82, 2.24) is 4.72 Å². The number of hydrogen-bond donors (Lipinski definition) is 2. The number of benzene rings is 2. The minimum Gasteiger partial charge on any atom is -0.487 e. The molecule has 0 aliphatic carbocycles. The van der Waals surface area contributed by atoms with Gasteiger partial charge in [0.1, 0.15) is 11.4 Å². The van der Waals surface area contributed by atoms with Gasteiger partial charge in [0.05, 0.1) is 10.9 Å². The highest BCUT2D eigenvalue weighted by Gasteiger charge is 2.36. The lowest BCUT2D eigenvalue weighted by molar-refractivity contribution is 0.0702. The Morgan fingerprint density at radius 2 is 1.88 bits per heavy atom. The monoisotopic (exact) mass is 368 g/mol. The van der Waals surface area contributed by atoms with Gasteiger partial charge in [-0.05, 0) is 50.2 Å². The zero-order valence-electron chi connectivity index (χ0n) is 13.7.